The molecular formula is C18H19N3O4. The van der Waals surface area contributed by atoms with Crippen molar-refractivity contribution in [3.8, 4) is 5.75 Å². The first-order valence-electron chi connectivity index (χ1n) is 7.71. The van der Waals surface area contributed by atoms with Crippen LogP contribution in [0, 0.1) is 0 Å². The zero-order valence-corrected chi connectivity index (χ0v) is 13.7. The number of rotatable bonds is 7. The molecule has 0 atom stereocenters. The van der Waals surface area contributed by atoms with Crippen LogP contribution in [0.2, 0.25) is 0 Å². The molecule has 2 aromatic rings. The van der Waals surface area contributed by atoms with Gasteiger partial charge in [0.05, 0.1) is 18.7 Å². The molecule has 2 rings (SSSR count). The Morgan fingerprint density at radius 3 is 2.56 bits per heavy atom. The number of ether oxygens (including phenoxy) is 1. The summed E-state index contributed by atoms with van der Waals surface area (Å²) in [5.41, 5.74) is 6.26. The zero-order valence-electron chi connectivity index (χ0n) is 13.7. The topological polar surface area (TPSA) is 111 Å². The molecule has 2 aromatic carbocycles. The Morgan fingerprint density at radius 2 is 1.84 bits per heavy atom. The number of nitrogens with one attached hydrogen (secondary N) is 2. The molecule has 0 spiro atoms. The molecular weight excluding hydrogens is 322 g/mol. The van der Waals surface area contributed by atoms with Crippen molar-refractivity contribution in [1.82, 2.24) is 5.32 Å². The van der Waals surface area contributed by atoms with Gasteiger partial charge in [0, 0.05) is 11.3 Å². The minimum Gasteiger partial charge on any atom is -0.493 e. The molecule has 3 amide bonds. The Labute approximate surface area is 145 Å². The number of hydrogen-bond donors (Lipinski definition) is 3. The Hall–Kier alpha value is -3.35. The lowest BCUT2D eigenvalue weighted by Crippen LogP contribution is -2.33. The fourth-order valence-electron chi connectivity index (χ4n) is 2.15. The zero-order chi connectivity index (χ0) is 18.2. The van der Waals surface area contributed by atoms with Gasteiger partial charge in [-0.3, -0.25) is 14.4 Å². The van der Waals surface area contributed by atoms with Gasteiger partial charge in [-0.15, -0.1) is 0 Å². The van der Waals surface area contributed by atoms with Crippen LogP contribution in [0.4, 0.5) is 5.69 Å². The summed E-state index contributed by atoms with van der Waals surface area (Å²) in [4.78, 5) is 35.3. The summed E-state index contributed by atoms with van der Waals surface area (Å²) in [6.07, 6.45) is 0. The highest BCUT2D eigenvalue weighted by Crippen LogP contribution is 2.17. The van der Waals surface area contributed by atoms with Crippen LogP contribution in [-0.2, 0) is 4.79 Å². The van der Waals surface area contributed by atoms with Gasteiger partial charge in [-0.05, 0) is 37.3 Å². The lowest BCUT2D eigenvalue weighted by Gasteiger charge is -2.11. The Bertz CT molecular complexity index is 789. The Morgan fingerprint density at radius 1 is 1.08 bits per heavy atom. The van der Waals surface area contributed by atoms with Gasteiger partial charge in [-0.1, -0.05) is 18.2 Å². The molecule has 0 unspecified atom stereocenters. The molecule has 0 saturated heterocycles. The van der Waals surface area contributed by atoms with Gasteiger partial charge in [0.15, 0.2) is 0 Å². The van der Waals surface area contributed by atoms with Crippen LogP contribution < -0.4 is 21.1 Å². The molecule has 130 valence electrons. The first-order chi connectivity index (χ1) is 12.0. The van der Waals surface area contributed by atoms with Crippen molar-refractivity contribution in [2.75, 3.05) is 18.5 Å². The number of benzene rings is 2. The molecule has 0 aliphatic carbocycles. The van der Waals surface area contributed by atoms with E-state index in [9.17, 15) is 14.4 Å². The number of carbonyl (C=O) groups excluding carboxylic acids is 3. The molecule has 0 bridgehead atoms. The van der Waals surface area contributed by atoms with Crippen LogP contribution in [0.1, 0.15) is 27.6 Å². The van der Waals surface area contributed by atoms with Gasteiger partial charge < -0.3 is 21.1 Å². The maximum Gasteiger partial charge on any atom is 0.255 e. The first kappa shape index (κ1) is 18.0. The maximum absolute atomic E-state index is 12.2. The van der Waals surface area contributed by atoms with Crippen LogP contribution in [-0.4, -0.2) is 30.9 Å². The van der Waals surface area contributed by atoms with Crippen molar-refractivity contribution in [2.24, 2.45) is 5.73 Å². The Balaban J connectivity index is 1.95. The fourth-order valence-corrected chi connectivity index (χ4v) is 2.15. The van der Waals surface area contributed by atoms with Crippen LogP contribution in [0.25, 0.3) is 0 Å². The number of nitrogens with two attached hydrogens (primary N) is 1. The quantitative estimate of drug-likeness (QED) is 0.709. The third-order valence-electron chi connectivity index (χ3n) is 3.27. The standard InChI is InChI=1S/C18H19N3O4/c1-2-25-15-9-4-3-8-14(15)18(24)20-11-16(22)21-13-7-5-6-12(10-13)17(19)23/h3-10H,2,11H2,1H3,(H2,19,23)(H,20,24)(H,21,22). The highest BCUT2D eigenvalue weighted by atomic mass is 16.5. The second-order valence-corrected chi connectivity index (χ2v) is 5.11. The van der Waals surface area contributed by atoms with E-state index in [1.807, 2.05) is 6.92 Å². The van der Waals surface area contributed by atoms with Crippen molar-refractivity contribution < 1.29 is 19.1 Å². The Kier molecular flexibility index (Phi) is 6.11. The van der Waals surface area contributed by atoms with E-state index in [2.05, 4.69) is 10.6 Å². The van der Waals surface area contributed by atoms with Gasteiger partial charge in [-0.2, -0.15) is 0 Å². The van der Waals surface area contributed by atoms with Gasteiger partial charge in [-0.25, -0.2) is 0 Å². The smallest absolute Gasteiger partial charge is 0.255 e. The normalized spacial score (nSPS) is 9.96. The van der Waals surface area contributed by atoms with Crippen molar-refractivity contribution in [3.05, 3.63) is 59.7 Å². The number of anilines is 1. The van der Waals surface area contributed by atoms with Gasteiger partial charge in [0.1, 0.15) is 5.75 Å². The van der Waals surface area contributed by atoms with Crippen molar-refractivity contribution >= 4 is 23.4 Å². The second kappa shape index (κ2) is 8.49. The minimum absolute atomic E-state index is 0.222. The van der Waals surface area contributed by atoms with Crippen molar-refractivity contribution in [3.63, 3.8) is 0 Å². The van der Waals surface area contributed by atoms with Gasteiger partial charge in [0.25, 0.3) is 5.91 Å². The number of para-hydroxylation sites is 1. The van der Waals surface area contributed by atoms with E-state index in [0.717, 1.165) is 0 Å². The van der Waals surface area contributed by atoms with E-state index in [1.165, 1.54) is 6.07 Å². The summed E-state index contributed by atoms with van der Waals surface area (Å²) in [5.74, 6) is -0.969. The summed E-state index contributed by atoms with van der Waals surface area (Å²) in [7, 11) is 0. The lowest BCUT2D eigenvalue weighted by atomic mass is 10.2. The fraction of sp³-hybridized carbons (Fsp3) is 0.167. The number of primary amides is 1. The average molecular weight is 341 g/mol. The van der Waals surface area contributed by atoms with E-state index >= 15 is 0 Å². The number of carbonyl (C=O) groups is 3. The molecule has 0 fully saturated rings. The number of hydrogen-bond acceptors (Lipinski definition) is 4. The predicted octanol–water partition coefficient (Wildman–Crippen LogP) is 1.55. The summed E-state index contributed by atoms with van der Waals surface area (Å²) >= 11 is 0. The molecule has 0 saturated carbocycles. The van der Waals surface area contributed by atoms with Gasteiger partial charge in [0.2, 0.25) is 11.8 Å². The third-order valence-corrected chi connectivity index (χ3v) is 3.27. The average Bonchev–Trinajstić information content (AvgIpc) is 2.60. The molecule has 0 heterocycles. The molecule has 0 radical (unpaired) electrons. The number of amides is 3. The molecule has 25 heavy (non-hydrogen) atoms. The first-order valence-corrected chi connectivity index (χ1v) is 7.71. The van der Waals surface area contributed by atoms with E-state index in [4.69, 9.17) is 10.5 Å². The molecule has 7 heteroatoms. The second-order valence-electron chi connectivity index (χ2n) is 5.11. The van der Waals surface area contributed by atoms with E-state index in [-0.39, 0.29) is 12.1 Å². The molecule has 4 N–H and O–H groups in total. The van der Waals surface area contributed by atoms with E-state index in [1.54, 1.807) is 42.5 Å². The lowest BCUT2D eigenvalue weighted by molar-refractivity contribution is -0.115. The molecule has 7 nitrogen and oxygen atoms in total. The van der Waals surface area contributed by atoms with Crippen LogP contribution in [0.15, 0.2) is 48.5 Å². The maximum atomic E-state index is 12.2. The molecule has 0 aromatic heterocycles. The summed E-state index contributed by atoms with van der Waals surface area (Å²) in [5, 5.41) is 5.12. The molecule has 0 aliphatic heterocycles. The van der Waals surface area contributed by atoms with Crippen LogP contribution in [0.5, 0.6) is 5.75 Å². The van der Waals surface area contributed by atoms with Crippen LogP contribution in [0.3, 0.4) is 0 Å². The molecule has 0 aliphatic rings. The van der Waals surface area contributed by atoms with Crippen molar-refractivity contribution in [1.29, 1.82) is 0 Å². The van der Waals surface area contributed by atoms with Crippen LogP contribution >= 0.6 is 0 Å². The van der Waals surface area contributed by atoms with E-state index < -0.39 is 17.7 Å². The predicted molar refractivity (Wildman–Crippen MR) is 93.5 cm³/mol. The monoisotopic (exact) mass is 341 g/mol. The van der Waals surface area contributed by atoms with E-state index in [0.29, 0.717) is 23.6 Å². The third kappa shape index (κ3) is 5.07. The summed E-state index contributed by atoms with van der Waals surface area (Å²) in [6, 6.07) is 13.0. The largest absolute Gasteiger partial charge is 0.493 e. The summed E-state index contributed by atoms with van der Waals surface area (Å²) < 4.78 is 5.39. The SMILES string of the molecule is CCOc1ccccc1C(=O)NCC(=O)Nc1cccc(C(N)=O)c1. The summed E-state index contributed by atoms with van der Waals surface area (Å²) in [6.45, 7) is 2.03. The highest BCUT2D eigenvalue weighted by molar-refractivity contribution is 6.01. The minimum atomic E-state index is -0.586. The van der Waals surface area contributed by atoms with Crippen molar-refractivity contribution in [2.45, 2.75) is 6.92 Å². The highest BCUT2D eigenvalue weighted by Gasteiger charge is 2.13. The van der Waals surface area contributed by atoms with Gasteiger partial charge >= 0.3 is 0 Å².